The smallest absolute Gasteiger partial charge is 0.343 e. The molecule has 0 saturated carbocycles. The summed E-state index contributed by atoms with van der Waals surface area (Å²) >= 11 is 0. The van der Waals surface area contributed by atoms with Crippen molar-refractivity contribution in [2.45, 2.75) is 13.8 Å². The standard InChI is InChI=1S/C25H20O5/c1-3-28-21-7-5-4-6-18(21)14-23-24(26)20-13-12-19(15-22(20)30-23)29-25(27)17-10-8-16(2)9-11-17/h4-15H,3H2,1-2H3/b23-14-. The average Bonchev–Trinajstić information content (AvgIpc) is 3.05. The van der Waals surface area contributed by atoms with Crippen molar-refractivity contribution >= 4 is 17.8 Å². The molecule has 30 heavy (non-hydrogen) atoms. The van der Waals surface area contributed by atoms with Crippen LogP contribution in [-0.4, -0.2) is 18.4 Å². The Morgan fingerprint density at radius 2 is 1.80 bits per heavy atom. The van der Waals surface area contributed by atoms with E-state index >= 15 is 0 Å². The van der Waals surface area contributed by atoms with Crippen molar-refractivity contribution in [3.63, 3.8) is 0 Å². The number of ketones is 1. The number of rotatable bonds is 5. The highest BCUT2D eigenvalue weighted by molar-refractivity contribution is 6.14. The van der Waals surface area contributed by atoms with Gasteiger partial charge in [0.15, 0.2) is 5.76 Å². The van der Waals surface area contributed by atoms with Crippen molar-refractivity contribution in [2.24, 2.45) is 0 Å². The fourth-order valence-corrected chi connectivity index (χ4v) is 3.11. The molecule has 0 spiro atoms. The first-order valence-electron chi connectivity index (χ1n) is 9.64. The Bertz CT molecular complexity index is 1140. The van der Waals surface area contributed by atoms with Crippen LogP contribution in [0.2, 0.25) is 0 Å². The summed E-state index contributed by atoms with van der Waals surface area (Å²) in [5.74, 6) is 0.831. The lowest BCUT2D eigenvalue weighted by Crippen LogP contribution is -2.08. The predicted molar refractivity (Wildman–Crippen MR) is 113 cm³/mol. The van der Waals surface area contributed by atoms with Gasteiger partial charge in [-0.1, -0.05) is 35.9 Å². The molecule has 0 bridgehead atoms. The number of fused-ring (bicyclic) bond motifs is 1. The average molecular weight is 400 g/mol. The molecule has 1 aliphatic heterocycles. The predicted octanol–water partition coefficient (Wildman–Crippen LogP) is 5.23. The zero-order valence-corrected chi connectivity index (χ0v) is 16.7. The van der Waals surface area contributed by atoms with Crippen molar-refractivity contribution in [3.8, 4) is 17.2 Å². The van der Waals surface area contributed by atoms with E-state index in [-0.39, 0.29) is 11.5 Å². The summed E-state index contributed by atoms with van der Waals surface area (Å²) < 4.78 is 16.8. The first-order valence-corrected chi connectivity index (χ1v) is 9.64. The molecule has 0 saturated heterocycles. The van der Waals surface area contributed by atoms with Gasteiger partial charge < -0.3 is 14.2 Å². The SMILES string of the molecule is CCOc1ccccc1/C=C1\Oc2cc(OC(=O)c3ccc(C)cc3)ccc2C1=O. The van der Waals surface area contributed by atoms with Gasteiger partial charge in [-0.3, -0.25) is 4.79 Å². The third-order valence-corrected chi connectivity index (χ3v) is 4.64. The van der Waals surface area contributed by atoms with E-state index in [1.807, 2.05) is 50.2 Å². The summed E-state index contributed by atoms with van der Waals surface area (Å²) in [4.78, 5) is 25.1. The lowest BCUT2D eigenvalue weighted by molar-refractivity contribution is 0.0734. The number of carbonyl (C=O) groups excluding carboxylic acids is 2. The van der Waals surface area contributed by atoms with Crippen LogP contribution in [0.1, 0.15) is 38.8 Å². The molecule has 0 fully saturated rings. The molecule has 0 N–H and O–H groups in total. The molecule has 3 aromatic carbocycles. The van der Waals surface area contributed by atoms with Gasteiger partial charge in [-0.15, -0.1) is 0 Å². The maximum Gasteiger partial charge on any atom is 0.343 e. The number of benzene rings is 3. The quantitative estimate of drug-likeness (QED) is 0.333. The maximum atomic E-state index is 12.7. The van der Waals surface area contributed by atoms with E-state index in [1.54, 1.807) is 36.4 Å². The van der Waals surface area contributed by atoms with Crippen LogP contribution in [0.3, 0.4) is 0 Å². The van der Waals surface area contributed by atoms with Crippen LogP contribution in [0, 0.1) is 6.92 Å². The second kappa shape index (κ2) is 8.25. The highest BCUT2D eigenvalue weighted by Gasteiger charge is 2.28. The molecule has 150 valence electrons. The molecule has 5 nitrogen and oxygen atoms in total. The molecule has 5 heteroatoms. The van der Waals surface area contributed by atoms with Crippen molar-refractivity contribution < 1.29 is 23.8 Å². The first-order chi connectivity index (χ1) is 14.5. The normalized spacial score (nSPS) is 13.7. The third-order valence-electron chi connectivity index (χ3n) is 4.64. The Kier molecular flexibility index (Phi) is 5.35. The molecular weight excluding hydrogens is 380 g/mol. The van der Waals surface area contributed by atoms with Gasteiger partial charge in [-0.25, -0.2) is 4.79 Å². The van der Waals surface area contributed by atoms with Gasteiger partial charge in [0, 0.05) is 11.6 Å². The minimum Gasteiger partial charge on any atom is -0.493 e. The molecular formula is C25H20O5. The zero-order chi connectivity index (χ0) is 21.1. The summed E-state index contributed by atoms with van der Waals surface area (Å²) in [5.41, 5.74) is 2.68. The van der Waals surface area contributed by atoms with Crippen LogP contribution < -0.4 is 14.2 Å². The van der Waals surface area contributed by atoms with E-state index in [9.17, 15) is 9.59 Å². The molecule has 0 radical (unpaired) electrons. The molecule has 0 aromatic heterocycles. The monoisotopic (exact) mass is 400 g/mol. The van der Waals surface area contributed by atoms with Crippen molar-refractivity contribution in [1.82, 2.24) is 0 Å². The minimum atomic E-state index is -0.472. The number of aryl methyl sites for hydroxylation is 1. The van der Waals surface area contributed by atoms with Crippen molar-refractivity contribution in [1.29, 1.82) is 0 Å². The lowest BCUT2D eigenvalue weighted by Gasteiger charge is -2.07. The van der Waals surface area contributed by atoms with E-state index in [0.29, 0.717) is 35.0 Å². The molecule has 0 unspecified atom stereocenters. The molecule has 1 aliphatic rings. The number of allylic oxidation sites excluding steroid dienone is 1. The van der Waals surface area contributed by atoms with Crippen LogP contribution in [-0.2, 0) is 0 Å². The number of ether oxygens (including phenoxy) is 3. The molecule has 0 amide bonds. The maximum absolute atomic E-state index is 12.7. The van der Waals surface area contributed by atoms with E-state index in [4.69, 9.17) is 14.2 Å². The fourth-order valence-electron chi connectivity index (χ4n) is 3.11. The van der Waals surface area contributed by atoms with Crippen LogP contribution in [0.4, 0.5) is 0 Å². The topological polar surface area (TPSA) is 61.8 Å². The Labute approximate surface area is 174 Å². The van der Waals surface area contributed by atoms with Gasteiger partial charge in [-0.05, 0) is 50.3 Å². The summed E-state index contributed by atoms with van der Waals surface area (Å²) in [6.07, 6.45) is 1.66. The van der Waals surface area contributed by atoms with Crippen molar-refractivity contribution in [3.05, 3.63) is 94.7 Å². The first kappa shape index (κ1) is 19.5. The van der Waals surface area contributed by atoms with E-state index in [1.165, 1.54) is 0 Å². The summed E-state index contributed by atoms with van der Waals surface area (Å²) in [6.45, 7) is 4.36. The van der Waals surface area contributed by atoms with Gasteiger partial charge in [0.2, 0.25) is 5.78 Å². The van der Waals surface area contributed by atoms with E-state index < -0.39 is 5.97 Å². The number of Topliss-reactive ketones (excluding diaryl/α,β-unsaturated/α-hetero) is 1. The van der Waals surface area contributed by atoms with Crippen LogP contribution in [0.15, 0.2) is 72.5 Å². The van der Waals surface area contributed by atoms with Crippen molar-refractivity contribution in [2.75, 3.05) is 6.61 Å². The number of hydrogen-bond donors (Lipinski definition) is 0. The Morgan fingerprint density at radius 1 is 1.03 bits per heavy atom. The van der Waals surface area contributed by atoms with Gasteiger partial charge >= 0.3 is 5.97 Å². The zero-order valence-electron chi connectivity index (χ0n) is 16.7. The second-order valence-electron chi connectivity index (χ2n) is 6.82. The summed E-state index contributed by atoms with van der Waals surface area (Å²) in [6, 6.07) is 19.3. The Hall–Kier alpha value is -3.86. The van der Waals surface area contributed by atoms with Gasteiger partial charge in [0.1, 0.15) is 17.2 Å². The third kappa shape index (κ3) is 3.96. The number of hydrogen-bond acceptors (Lipinski definition) is 5. The van der Waals surface area contributed by atoms with Crippen LogP contribution >= 0.6 is 0 Å². The summed E-state index contributed by atoms with van der Waals surface area (Å²) in [5, 5.41) is 0. The highest BCUT2D eigenvalue weighted by atomic mass is 16.5. The fraction of sp³-hybridized carbons (Fsp3) is 0.120. The second-order valence-corrected chi connectivity index (χ2v) is 6.82. The summed E-state index contributed by atoms with van der Waals surface area (Å²) in [7, 11) is 0. The largest absolute Gasteiger partial charge is 0.493 e. The molecule has 0 atom stereocenters. The van der Waals surface area contributed by atoms with Crippen LogP contribution in [0.25, 0.3) is 6.08 Å². The minimum absolute atomic E-state index is 0.194. The van der Waals surface area contributed by atoms with Gasteiger partial charge in [0.05, 0.1) is 17.7 Å². The number of esters is 1. The van der Waals surface area contributed by atoms with E-state index in [2.05, 4.69) is 0 Å². The highest BCUT2D eigenvalue weighted by Crippen LogP contribution is 2.36. The van der Waals surface area contributed by atoms with Gasteiger partial charge in [0.25, 0.3) is 0 Å². The Balaban J connectivity index is 1.55. The molecule has 4 rings (SSSR count). The number of para-hydroxylation sites is 1. The molecule has 0 aliphatic carbocycles. The number of carbonyl (C=O) groups is 2. The van der Waals surface area contributed by atoms with Crippen LogP contribution in [0.5, 0.6) is 17.2 Å². The molecule has 1 heterocycles. The molecule has 3 aromatic rings. The van der Waals surface area contributed by atoms with E-state index in [0.717, 1.165) is 11.1 Å². The lowest BCUT2D eigenvalue weighted by atomic mass is 10.1. The Morgan fingerprint density at radius 3 is 2.57 bits per heavy atom. The van der Waals surface area contributed by atoms with Gasteiger partial charge in [-0.2, -0.15) is 0 Å².